The van der Waals surface area contributed by atoms with Crippen LogP contribution < -0.4 is 4.94 Å². The Morgan fingerprint density at radius 1 is 1.13 bits per heavy atom. The highest BCUT2D eigenvalue weighted by Gasteiger charge is 2.15. The van der Waals surface area contributed by atoms with Gasteiger partial charge >= 0.3 is 0 Å². The van der Waals surface area contributed by atoms with Gasteiger partial charge in [0.1, 0.15) is 11.0 Å². The Labute approximate surface area is 87.1 Å². The Balaban J connectivity index is 1.90. The zero-order chi connectivity index (χ0) is 10.1. The van der Waals surface area contributed by atoms with Gasteiger partial charge in [0, 0.05) is 13.1 Å². The monoisotopic (exact) mass is 204 g/mol. The molecule has 1 aromatic carbocycles. The number of hydrogen-bond acceptors (Lipinski definition) is 4. The largest absolute Gasteiger partial charge is 0.296 e. The summed E-state index contributed by atoms with van der Waals surface area (Å²) in [7, 11) is 0. The quantitative estimate of drug-likeness (QED) is 0.728. The van der Waals surface area contributed by atoms with Gasteiger partial charge in [0.25, 0.3) is 0 Å². The van der Waals surface area contributed by atoms with Gasteiger partial charge in [-0.2, -0.15) is 0 Å². The molecule has 3 rings (SSSR count). The van der Waals surface area contributed by atoms with Gasteiger partial charge in [-0.3, -0.25) is 4.94 Å². The average Bonchev–Trinajstić information content (AvgIpc) is 2.89. The smallest absolute Gasteiger partial charge is 0.133 e. The lowest BCUT2D eigenvalue weighted by Crippen LogP contribution is -2.31. The Kier molecular flexibility index (Phi) is 2.03. The van der Waals surface area contributed by atoms with Gasteiger partial charge in [0.2, 0.25) is 0 Å². The molecule has 0 unspecified atom stereocenters. The highest BCUT2D eigenvalue weighted by atomic mass is 16.8. The van der Waals surface area contributed by atoms with Gasteiger partial charge in [0.05, 0.1) is 0 Å². The predicted molar refractivity (Wildman–Crippen MR) is 54.9 cm³/mol. The van der Waals surface area contributed by atoms with E-state index < -0.39 is 0 Å². The van der Waals surface area contributed by atoms with Crippen molar-refractivity contribution < 1.29 is 4.94 Å². The summed E-state index contributed by atoms with van der Waals surface area (Å²) in [5.41, 5.74) is 1.76. The molecule has 0 N–H and O–H groups in total. The number of hydroxylamine groups is 2. The third-order valence-corrected chi connectivity index (χ3v) is 2.58. The number of benzene rings is 1. The van der Waals surface area contributed by atoms with Crippen LogP contribution >= 0.6 is 0 Å². The highest BCUT2D eigenvalue weighted by Crippen LogP contribution is 2.10. The van der Waals surface area contributed by atoms with Gasteiger partial charge in [-0.1, -0.05) is 17.0 Å². The Bertz CT molecular complexity index is 461. The fourth-order valence-electron chi connectivity index (χ4n) is 1.79. The van der Waals surface area contributed by atoms with Crippen LogP contribution in [0.2, 0.25) is 0 Å². The summed E-state index contributed by atoms with van der Waals surface area (Å²) < 4.78 is 0. The molecule has 5 heteroatoms. The molecule has 1 fully saturated rings. The minimum atomic E-state index is 0.858. The molecule has 0 saturated carbocycles. The fraction of sp³-hybridized carbons (Fsp3) is 0.400. The molecule has 0 spiro atoms. The first kappa shape index (κ1) is 8.67. The molecule has 2 aromatic rings. The van der Waals surface area contributed by atoms with Crippen LogP contribution in [-0.2, 0) is 0 Å². The van der Waals surface area contributed by atoms with Gasteiger partial charge < -0.3 is 0 Å². The molecule has 1 saturated heterocycles. The van der Waals surface area contributed by atoms with E-state index in [-0.39, 0.29) is 0 Å². The highest BCUT2D eigenvalue weighted by molar-refractivity contribution is 5.73. The van der Waals surface area contributed by atoms with Crippen molar-refractivity contribution in [3.63, 3.8) is 0 Å². The van der Waals surface area contributed by atoms with Crippen LogP contribution in [0.25, 0.3) is 11.0 Å². The second-order valence-electron chi connectivity index (χ2n) is 3.67. The second-order valence-corrected chi connectivity index (χ2v) is 3.67. The molecule has 0 amide bonds. The summed E-state index contributed by atoms with van der Waals surface area (Å²) >= 11 is 0. The van der Waals surface area contributed by atoms with E-state index in [2.05, 4.69) is 10.3 Å². The first-order valence-electron chi connectivity index (χ1n) is 5.17. The Morgan fingerprint density at radius 2 is 1.93 bits per heavy atom. The van der Waals surface area contributed by atoms with Crippen molar-refractivity contribution in [2.24, 2.45) is 0 Å². The fourth-order valence-corrected chi connectivity index (χ4v) is 1.79. The zero-order valence-corrected chi connectivity index (χ0v) is 8.33. The predicted octanol–water partition coefficient (Wildman–Crippen LogP) is 0.871. The average molecular weight is 204 g/mol. The lowest BCUT2D eigenvalue weighted by molar-refractivity contribution is -0.156. The first-order chi connectivity index (χ1) is 7.43. The van der Waals surface area contributed by atoms with Gasteiger partial charge in [0.15, 0.2) is 0 Å². The zero-order valence-electron chi connectivity index (χ0n) is 8.33. The molecule has 0 aliphatic carbocycles. The summed E-state index contributed by atoms with van der Waals surface area (Å²) in [5.74, 6) is 0. The maximum absolute atomic E-state index is 5.60. The summed E-state index contributed by atoms with van der Waals surface area (Å²) in [5, 5.41) is 9.90. The molecule has 2 heterocycles. The minimum absolute atomic E-state index is 0.858. The summed E-state index contributed by atoms with van der Waals surface area (Å²) in [6.45, 7) is 1.93. The van der Waals surface area contributed by atoms with Crippen molar-refractivity contribution in [1.82, 2.24) is 20.2 Å². The maximum atomic E-state index is 5.60. The number of rotatable bonds is 2. The Hall–Kier alpha value is -1.62. The number of para-hydroxylation sites is 1. The van der Waals surface area contributed by atoms with Gasteiger partial charge in [-0.05, 0) is 30.2 Å². The molecule has 15 heavy (non-hydrogen) atoms. The molecule has 1 aliphatic heterocycles. The van der Waals surface area contributed by atoms with Crippen LogP contribution in [0, 0.1) is 0 Å². The summed E-state index contributed by atoms with van der Waals surface area (Å²) in [6.07, 6.45) is 2.37. The summed E-state index contributed by atoms with van der Waals surface area (Å²) in [6, 6.07) is 7.77. The van der Waals surface area contributed by atoms with Crippen molar-refractivity contribution in [3.05, 3.63) is 24.3 Å². The third-order valence-electron chi connectivity index (χ3n) is 2.58. The standard InChI is InChI=1S/C10H12N4O/c1-2-6-10-9(5-1)11-12-14(10)15-13-7-3-4-8-13/h1-2,5-6H,3-4,7-8H2. The van der Waals surface area contributed by atoms with Crippen LogP contribution in [0.4, 0.5) is 0 Å². The SMILES string of the molecule is c1ccc2c(c1)nnn2ON1CCCC1. The van der Waals surface area contributed by atoms with E-state index in [1.54, 1.807) is 0 Å². The van der Waals surface area contributed by atoms with E-state index >= 15 is 0 Å². The first-order valence-corrected chi connectivity index (χ1v) is 5.17. The van der Waals surface area contributed by atoms with Crippen LogP contribution in [0.5, 0.6) is 0 Å². The van der Waals surface area contributed by atoms with E-state index in [0.717, 1.165) is 24.1 Å². The molecule has 5 nitrogen and oxygen atoms in total. The van der Waals surface area contributed by atoms with Crippen molar-refractivity contribution in [2.45, 2.75) is 12.8 Å². The third kappa shape index (κ3) is 1.55. The lowest BCUT2D eigenvalue weighted by atomic mass is 10.3. The van der Waals surface area contributed by atoms with E-state index in [1.165, 1.54) is 17.7 Å². The maximum Gasteiger partial charge on any atom is 0.133 e. The molecule has 1 aliphatic rings. The molecular weight excluding hydrogens is 192 g/mol. The normalized spacial score (nSPS) is 17.3. The van der Waals surface area contributed by atoms with Gasteiger partial charge in [-0.15, -0.1) is 10.2 Å². The summed E-state index contributed by atoms with van der Waals surface area (Å²) in [4.78, 5) is 7.09. The molecule has 0 radical (unpaired) electrons. The van der Waals surface area contributed by atoms with Crippen molar-refractivity contribution in [3.8, 4) is 0 Å². The van der Waals surface area contributed by atoms with Crippen LogP contribution in [0.1, 0.15) is 12.8 Å². The van der Waals surface area contributed by atoms with Crippen molar-refractivity contribution in [2.75, 3.05) is 13.1 Å². The number of fused-ring (bicyclic) bond motifs is 1. The van der Waals surface area contributed by atoms with E-state index in [9.17, 15) is 0 Å². The number of hydrogen-bond donors (Lipinski definition) is 0. The minimum Gasteiger partial charge on any atom is -0.296 e. The van der Waals surface area contributed by atoms with E-state index in [0.29, 0.717) is 0 Å². The molecule has 1 aromatic heterocycles. The molecule has 78 valence electrons. The van der Waals surface area contributed by atoms with Crippen molar-refractivity contribution >= 4 is 11.0 Å². The number of aromatic nitrogens is 3. The van der Waals surface area contributed by atoms with Gasteiger partial charge in [-0.25, -0.2) is 0 Å². The van der Waals surface area contributed by atoms with Crippen LogP contribution in [-0.4, -0.2) is 33.3 Å². The molecule has 0 atom stereocenters. The van der Waals surface area contributed by atoms with E-state index in [1.807, 2.05) is 29.3 Å². The van der Waals surface area contributed by atoms with E-state index in [4.69, 9.17) is 4.94 Å². The topological polar surface area (TPSA) is 43.2 Å². The Morgan fingerprint density at radius 3 is 2.80 bits per heavy atom. The second kappa shape index (κ2) is 3.51. The van der Waals surface area contributed by atoms with Crippen LogP contribution in [0.3, 0.4) is 0 Å². The molecular formula is C10H12N4O. The van der Waals surface area contributed by atoms with Crippen LogP contribution in [0.15, 0.2) is 24.3 Å². The number of nitrogens with zero attached hydrogens (tertiary/aromatic N) is 4. The van der Waals surface area contributed by atoms with Crippen molar-refractivity contribution in [1.29, 1.82) is 0 Å². The molecule has 0 bridgehead atoms. The lowest BCUT2D eigenvalue weighted by Gasteiger charge is -2.13.